The van der Waals surface area contributed by atoms with Crippen molar-refractivity contribution in [2.45, 2.75) is 38.6 Å². The highest BCUT2D eigenvalue weighted by atomic mass is 16.3. The molecular formula is C14H23N3O2. The van der Waals surface area contributed by atoms with E-state index in [0.29, 0.717) is 19.4 Å². The van der Waals surface area contributed by atoms with Crippen LogP contribution in [0.4, 0.5) is 4.79 Å². The van der Waals surface area contributed by atoms with Gasteiger partial charge in [-0.1, -0.05) is 13.0 Å². The van der Waals surface area contributed by atoms with Crippen molar-refractivity contribution in [1.29, 1.82) is 0 Å². The number of nitrogens with one attached hydrogen (secondary N) is 2. The maximum atomic E-state index is 11.8. The van der Waals surface area contributed by atoms with Crippen LogP contribution in [0.15, 0.2) is 24.4 Å². The summed E-state index contributed by atoms with van der Waals surface area (Å²) < 4.78 is 0. The first-order chi connectivity index (χ1) is 9.09. The quantitative estimate of drug-likeness (QED) is 0.699. The highest BCUT2D eigenvalue weighted by Gasteiger charge is 2.23. The molecule has 1 rings (SSSR count). The van der Waals surface area contributed by atoms with E-state index in [2.05, 4.69) is 15.6 Å². The van der Waals surface area contributed by atoms with E-state index in [0.717, 1.165) is 12.1 Å². The van der Waals surface area contributed by atoms with Crippen molar-refractivity contribution in [2.24, 2.45) is 0 Å². The zero-order valence-electron chi connectivity index (χ0n) is 11.6. The first kappa shape index (κ1) is 15.4. The zero-order valence-corrected chi connectivity index (χ0v) is 11.6. The molecule has 5 nitrogen and oxygen atoms in total. The number of aliphatic hydroxyl groups excluding tert-OH is 1. The van der Waals surface area contributed by atoms with Crippen LogP contribution >= 0.6 is 0 Å². The van der Waals surface area contributed by atoms with Gasteiger partial charge in [0.25, 0.3) is 0 Å². The first-order valence-electron chi connectivity index (χ1n) is 6.66. The second kappa shape index (κ2) is 7.74. The van der Waals surface area contributed by atoms with Crippen LogP contribution in [-0.4, -0.2) is 34.8 Å². The fourth-order valence-electron chi connectivity index (χ4n) is 1.74. The summed E-state index contributed by atoms with van der Waals surface area (Å²) in [5.74, 6) is 0. The Morgan fingerprint density at radius 2 is 2.26 bits per heavy atom. The highest BCUT2D eigenvalue weighted by molar-refractivity contribution is 5.74. The summed E-state index contributed by atoms with van der Waals surface area (Å²) in [5, 5.41) is 14.7. The number of pyridine rings is 1. The Morgan fingerprint density at radius 1 is 1.47 bits per heavy atom. The number of urea groups is 1. The van der Waals surface area contributed by atoms with Crippen LogP contribution in [0, 0.1) is 0 Å². The molecule has 0 fully saturated rings. The topological polar surface area (TPSA) is 74.2 Å². The number of rotatable bonds is 7. The van der Waals surface area contributed by atoms with Crippen LogP contribution in [-0.2, 0) is 6.42 Å². The molecule has 0 saturated carbocycles. The molecule has 1 unspecified atom stereocenters. The predicted molar refractivity (Wildman–Crippen MR) is 74.9 cm³/mol. The molecule has 0 aromatic carbocycles. The number of nitrogens with zero attached hydrogens (tertiary/aromatic N) is 1. The molecule has 1 aromatic heterocycles. The van der Waals surface area contributed by atoms with Gasteiger partial charge in [0.1, 0.15) is 0 Å². The molecule has 1 heterocycles. The minimum Gasteiger partial charge on any atom is -0.396 e. The minimum absolute atomic E-state index is 0.0680. The number of aliphatic hydroxyl groups is 1. The fourth-order valence-corrected chi connectivity index (χ4v) is 1.74. The Morgan fingerprint density at radius 3 is 2.84 bits per heavy atom. The third-order valence-electron chi connectivity index (χ3n) is 3.25. The van der Waals surface area contributed by atoms with Gasteiger partial charge in [-0.2, -0.15) is 0 Å². The molecule has 0 bridgehead atoms. The third-order valence-corrected chi connectivity index (χ3v) is 3.25. The number of carbonyl (C=O) groups is 1. The Hall–Kier alpha value is -1.62. The smallest absolute Gasteiger partial charge is 0.315 e. The monoisotopic (exact) mass is 265 g/mol. The number of amides is 2. The molecule has 19 heavy (non-hydrogen) atoms. The summed E-state index contributed by atoms with van der Waals surface area (Å²) in [6.07, 6.45) is 3.78. The molecule has 5 heteroatoms. The molecule has 2 amide bonds. The molecular weight excluding hydrogens is 242 g/mol. The van der Waals surface area contributed by atoms with Gasteiger partial charge >= 0.3 is 6.03 Å². The van der Waals surface area contributed by atoms with E-state index < -0.39 is 0 Å². The second-order valence-corrected chi connectivity index (χ2v) is 4.84. The standard InChI is InChI=1S/C14H23N3O2/c1-3-14(2,8-11-18)17-13(19)16-10-7-12-6-4-5-9-15-12/h4-6,9,18H,3,7-8,10-11H2,1-2H3,(H2,16,17,19). The molecule has 1 atom stereocenters. The molecule has 0 spiro atoms. The van der Waals surface area contributed by atoms with Crippen molar-refractivity contribution in [3.63, 3.8) is 0 Å². The summed E-state index contributed by atoms with van der Waals surface area (Å²) in [6, 6.07) is 5.53. The lowest BCUT2D eigenvalue weighted by Crippen LogP contribution is -2.50. The molecule has 1 aromatic rings. The summed E-state index contributed by atoms with van der Waals surface area (Å²) in [7, 11) is 0. The Balaban J connectivity index is 2.31. The lowest BCUT2D eigenvalue weighted by Gasteiger charge is -2.29. The maximum absolute atomic E-state index is 11.8. The van der Waals surface area contributed by atoms with Crippen LogP contribution in [0.5, 0.6) is 0 Å². The van der Waals surface area contributed by atoms with Gasteiger partial charge in [-0.3, -0.25) is 4.98 Å². The average molecular weight is 265 g/mol. The Kier molecular flexibility index (Phi) is 6.29. The first-order valence-corrected chi connectivity index (χ1v) is 6.66. The van der Waals surface area contributed by atoms with Gasteiger partial charge in [-0.25, -0.2) is 4.79 Å². The lowest BCUT2D eigenvalue weighted by molar-refractivity contribution is 0.201. The van der Waals surface area contributed by atoms with E-state index in [1.807, 2.05) is 32.0 Å². The number of carbonyl (C=O) groups excluding carboxylic acids is 1. The molecule has 0 aliphatic rings. The minimum atomic E-state index is -0.357. The molecule has 3 N–H and O–H groups in total. The van der Waals surface area contributed by atoms with Gasteiger partial charge in [0, 0.05) is 37.0 Å². The molecule has 106 valence electrons. The number of hydrogen-bond acceptors (Lipinski definition) is 3. The van der Waals surface area contributed by atoms with Crippen LogP contribution in [0.3, 0.4) is 0 Å². The van der Waals surface area contributed by atoms with Crippen LogP contribution in [0.25, 0.3) is 0 Å². The van der Waals surface area contributed by atoms with Crippen LogP contribution in [0.2, 0.25) is 0 Å². The SMILES string of the molecule is CCC(C)(CCO)NC(=O)NCCc1ccccn1. The highest BCUT2D eigenvalue weighted by Crippen LogP contribution is 2.13. The van der Waals surface area contributed by atoms with Crippen molar-refractivity contribution in [2.75, 3.05) is 13.2 Å². The van der Waals surface area contributed by atoms with E-state index >= 15 is 0 Å². The maximum Gasteiger partial charge on any atom is 0.315 e. The third kappa shape index (κ3) is 5.70. The van der Waals surface area contributed by atoms with Crippen LogP contribution < -0.4 is 10.6 Å². The van der Waals surface area contributed by atoms with Gasteiger partial charge in [0.2, 0.25) is 0 Å². The van der Waals surface area contributed by atoms with Crippen molar-refractivity contribution < 1.29 is 9.90 Å². The fraction of sp³-hybridized carbons (Fsp3) is 0.571. The van der Waals surface area contributed by atoms with Crippen molar-refractivity contribution >= 4 is 6.03 Å². The summed E-state index contributed by atoms with van der Waals surface area (Å²) in [4.78, 5) is 15.9. The van der Waals surface area contributed by atoms with E-state index in [-0.39, 0.29) is 18.2 Å². The zero-order chi connectivity index (χ0) is 14.1. The Bertz CT molecular complexity index is 384. The summed E-state index contributed by atoms with van der Waals surface area (Å²) in [6.45, 7) is 4.53. The van der Waals surface area contributed by atoms with Crippen molar-refractivity contribution in [1.82, 2.24) is 15.6 Å². The summed E-state index contributed by atoms with van der Waals surface area (Å²) >= 11 is 0. The largest absolute Gasteiger partial charge is 0.396 e. The average Bonchev–Trinajstić information content (AvgIpc) is 2.40. The number of hydrogen-bond donors (Lipinski definition) is 3. The van der Waals surface area contributed by atoms with Gasteiger partial charge < -0.3 is 15.7 Å². The molecule has 0 aliphatic heterocycles. The van der Waals surface area contributed by atoms with E-state index in [1.165, 1.54) is 0 Å². The van der Waals surface area contributed by atoms with Gasteiger partial charge in [-0.15, -0.1) is 0 Å². The lowest BCUT2D eigenvalue weighted by atomic mass is 9.95. The van der Waals surface area contributed by atoms with E-state index in [9.17, 15) is 4.79 Å². The second-order valence-electron chi connectivity index (χ2n) is 4.84. The Labute approximate surface area is 114 Å². The van der Waals surface area contributed by atoms with Gasteiger partial charge in [0.05, 0.1) is 0 Å². The van der Waals surface area contributed by atoms with E-state index in [1.54, 1.807) is 6.20 Å². The number of aromatic nitrogens is 1. The summed E-state index contributed by atoms with van der Waals surface area (Å²) in [5.41, 5.74) is 0.598. The van der Waals surface area contributed by atoms with Crippen molar-refractivity contribution in [3.05, 3.63) is 30.1 Å². The van der Waals surface area contributed by atoms with Gasteiger partial charge in [-0.05, 0) is 31.9 Å². The van der Waals surface area contributed by atoms with Crippen LogP contribution in [0.1, 0.15) is 32.4 Å². The molecule has 0 aliphatic carbocycles. The normalized spacial score (nSPS) is 13.6. The van der Waals surface area contributed by atoms with E-state index in [4.69, 9.17) is 5.11 Å². The molecule has 0 saturated heterocycles. The molecule has 0 radical (unpaired) electrons. The van der Waals surface area contributed by atoms with Gasteiger partial charge in [0.15, 0.2) is 0 Å². The predicted octanol–water partition coefficient (Wildman–Crippen LogP) is 1.47. The van der Waals surface area contributed by atoms with Crippen molar-refractivity contribution in [3.8, 4) is 0 Å².